The number of thioether (sulfide) groups is 1. The van der Waals surface area contributed by atoms with Crippen molar-refractivity contribution in [1.29, 1.82) is 0 Å². The van der Waals surface area contributed by atoms with E-state index in [1.165, 1.54) is 11.8 Å². The predicted molar refractivity (Wildman–Crippen MR) is 106 cm³/mol. The van der Waals surface area contributed by atoms with Crippen LogP contribution in [0.5, 0.6) is 5.75 Å². The highest BCUT2D eigenvalue weighted by Gasteiger charge is 2.30. The van der Waals surface area contributed by atoms with Gasteiger partial charge in [0.2, 0.25) is 5.91 Å². The van der Waals surface area contributed by atoms with Crippen molar-refractivity contribution in [3.8, 4) is 5.75 Å². The molecular weight excluding hydrogens is 374 g/mol. The molecule has 2 aromatic carbocycles. The lowest BCUT2D eigenvalue weighted by Gasteiger charge is -2.14. The molecule has 1 atom stereocenters. The molecule has 0 spiro atoms. The Morgan fingerprint density at radius 1 is 1.21 bits per heavy atom. The van der Waals surface area contributed by atoms with Crippen molar-refractivity contribution in [2.75, 3.05) is 0 Å². The molecule has 1 heterocycles. The maximum Gasteiger partial charge on any atom is 0.277 e. The van der Waals surface area contributed by atoms with Gasteiger partial charge >= 0.3 is 0 Å². The van der Waals surface area contributed by atoms with Gasteiger partial charge in [-0.3, -0.25) is 4.79 Å². The molecule has 1 aliphatic carbocycles. The fourth-order valence-corrected chi connectivity index (χ4v) is 3.60. The molecule has 1 aliphatic rings. The number of aryl methyl sites for hydroxylation is 1. The van der Waals surface area contributed by atoms with Crippen LogP contribution in [-0.2, 0) is 11.4 Å². The molecule has 28 heavy (non-hydrogen) atoms. The highest BCUT2D eigenvalue weighted by molar-refractivity contribution is 8.00. The van der Waals surface area contributed by atoms with Gasteiger partial charge in [0, 0.05) is 6.04 Å². The van der Waals surface area contributed by atoms with E-state index in [2.05, 4.69) is 15.5 Å². The lowest BCUT2D eigenvalue weighted by Crippen LogP contribution is -2.29. The standard InChI is InChI=1S/C21H21N3O3S/c1-14-6-5-9-17(12-14)26-13-18-23-24-21(27-18)28-19(15-7-3-2-4-8-15)20(25)22-16-10-11-16/h2-9,12,16,19H,10-11,13H2,1H3,(H,22,25). The zero-order valence-corrected chi connectivity index (χ0v) is 16.3. The summed E-state index contributed by atoms with van der Waals surface area (Å²) in [6.45, 7) is 2.19. The molecular formula is C21H21N3O3S. The van der Waals surface area contributed by atoms with E-state index in [9.17, 15) is 4.79 Å². The Bertz CT molecular complexity index is 941. The zero-order valence-electron chi connectivity index (χ0n) is 15.5. The van der Waals surface area contributed by atoms with Crippen LogP contribution in [-0.4, -0.2) is 22.1 Å². The van der Waals surface area contributed by atoms with Gasteiger partial charge in [-0.05, 0) is 54.8 Å². The third-order valence-corrected chi connectivity index (χ3v) is 5.37. The maximum absolute atomic E-state index is 12.7. The normalized spacial score (nSPS) is 14.5. The third-order valence-electron chi connectivity index (χ3n) is 4.28. The van der Waals surface area contributed by atoms with E-state index in [1.54, 1.807) is 0 Å². The molecule has 144 valence electrons. The second-order valence-corrected chi connectivity index (χ2v) is 7.81. The van der Waals surface area contributed by atoms with Crippen LogP contribution in [0.3, 0.4) is 0 Å². The van der Waals surface area contributed by atoms with E-state index in [0.717, 1.165) is 29.7 Å². The van der Waals surface area contributed by atoms with E-state index in [-0.39, 0.29) is 12.5 Å². The van der Waals surface area contributed by atoms with Gasteiger partial charge in [0.1, 0.15) is 11.0 Å². The quantitative estimate of drug-likeness (QED) is 0.580. The minimum Gasteiger partial charge on any atom is -0.484 e. The molecule has 1 amide bonds. The Kier molecular flexibility index (Phi) is 5.62. The first-order valence-electron chi connectivity index (χ1n) is 9.21. The van der Waals surface area contributed by atoms with E-state index in [1.807, 2.05) is 61.5 Å². The first-order chi connectivity index (χ1) is 13.7. The Hall–Kier alpha value is -2.80. The number of benzene rings is 2. The number of carbonyl (C=O) groups is 1. The van der Waals surface area contributed by atoms with Gasteiger partial charge in [-0.2, -0.15) is 0 Å². The first-order valence-corrected chi connectivity index (χ1v) is 10.1. The summed E-state index contributed by atoms with van der Waals surface area (Å²) in [4.78, 5) is 12.7. The number of hydrogen-bond donors (Lipinski definition) is 1. The number of nitrogens with zero attached hydrogens (tertiary/aromatic N) is 2. The van der Waals surface area contributed by atoms with E-state index in [0.29, 0.717) is 17.2 Å². The molecule has 1 aromatic heterocycles. The molecule has 1 unspecified atom stereocenters. The highest BCUT2D eigenvalue weighted by Crippen LogP contribution is 2.35. The van der Waals surface area contributed by atoms with Crippen LogP contribution in [0.2, 0.25) is 0 Å². The molecule has 0 saturated heterocycles. The second kappa shape index (κ2) is 8.48. The monoisotopic (exact) mass is 395 g/mol. The van der Waals surface area contributed by atoms with Crippen molar-refractivity contribution in [2.24, 2.45) is 0 Å². The van der Waals surface area contributed by atoms with Gasteiger partial charge in [-0.25, -0.2) is 0 Å². The molecule has 1 fully saturated rings. The number of amides is 1. The van der Waals surface area contributed by atoms with Crippen LogP contribution < -0.4 is 10.1 Å². The van der Waals surface area contributed by atoms with Crippen LogP contribution in [0.4, 0.5) is 0 Å². The summed E-state index contributed by atoms with van der Waals surface area (Å²) >= 11 is 1.26. The number of carbonyl (C=O) groups excluding carboxylic acids is 1. The molecule has 6 nitrogen and oxygen atoms in total. The average molecular weight is 395 g/mol. The van der Waals surface area contributed by atoms with Crippen molar-refractivity contribution in [1.82, 2.24) is 15.5 Å². The topological polar surface area (TPSA) is 77.2 Å². The van der Waals surface area contributed by atoms with Gasteiger partial charge in [0.15, 0.2) is 6.61 Å². The Morgan fingerprint density at radius 2 is 2.04 bits per heavy atom. The van der Waals surface area contributed by atoms with Crippen molar-refractivity contribution >= 4 is 17.7 Å². The smallest absolute Gasteiger partial charge is 0.277 e. The molecule has 0 bridgehead atoms. The third kappa shape index (κ3) is 4.92. The SMILES string of the molecule is Cc1cccc(OCc2nnc(SC(C(=O)NC3CC3)c3ccccc3)o2)c1. The number of rotatable bonds is 8. The summed E-state index contributed by atoms with van der Waals surface area (Å²) in [6, 6.07) is 17.7. The fourth-order valence-electron chi connectivity index (χ4n) is 2.70. The Morgan fingerprint density at radius 3 is 2.79 bits per heavy atom. The average Bonchev–Trinajstić information content (AvgIpc) is 3.40. The Labute approximate surface area is 167 Å². The largest absolute Gasteiger partial charge is 0.484 e. The minimum absolute atomic E-state index is 0.0329. The van der Waals surface area contributed by atoms with E-state index < -0.39 is 5.25 Å². The summed E-state index contributed by atoms with van der Waals surface area (Å²) in [6.07, 6.45) is 2.08. The molecule has 0 radical (unpaired) electrons. The van der Waals surface area contributed by atoms with Gasteiger partial charge < -0.3 is 14.5 Å². The van der Waals surface area contributed by atoms with Crippen LogP contribution in [0, 0.1) is 6.92 Å². The van der Waals surface area contributed by atoms with Crippen molar-refractivity contribution in [2.45, 2.75) is 42.9 Å². The summed E-state index contributed by atoms with van der Waals surface area (Å²) in [5, 5.41) is 11.1. The first kappa shape index (κ1) is 18.6. The summed E-state index contributed by atoms with van der Waals surface area (Å²) in [5.41, 5.74) is 2.02. The van der Waals surface area contributed by atoms with Gasteiger partial charge in [-0.15, -0.1) is 10.2 Å². The van der Waals surface area contributed by atoms with E-state index in [4.69, 9.17) is 9.15 Å². The van der Waals surface area contributed by atoms with Crippen molar-refractivity contribution in [3.63, 3.8) is 0 Å². The zero-order chi connectivity index (χ0) is 19.3. The van der Waals surface area contributed by atoms with Gasteiger partial charge in [0.25, 0.3) is 11.1 Å². The lowest BCUT2D eigenvalue weighted by molar-refractivity contribution is -0.120. The number of aromatic nitrogens is 2. The number of ether oxygens (including phenoxy) is 1. The van der Waals surface area contributed by atoms with Crippen LogP contribution in [0.15, 0.2) is 64.2 Å². The summed E-state index contributed by atoms with van der Waals surface area (Å²) in [7, 11) is 0. The Balaban J connectivity index is 1.43. The molecule has 4 rings (SSSR count). The molecule has 3 aromatic rings. The van der Waals surface area contributed by atoms with Gasteiger partial charge in [0.05, 0.1) is 0 Å². The van der Waals surface area contributed by atoms with Gasteiger partial charge in [-0.1, -0.05) is 42.5 Å². The van der Waals surface area contributed by atoms with Crippen molar-refractivity contribution in [3.05, 3.63) is 71.6 Å². The molecule has 1 N–H and O–H groups in total. The predicted octanol–water partition coefficient (Wildman–Crippen LogP) is 4.07. The molecule has 0 aliphatic heterocycles. The summed E-state index contributed by atoms with van der Waals surface area (Å²) in [5.74, 6) is 1.09. The minimum atomic E-state index is -0.437. The summed E-state index contributed by atoms with van der Waals surface area (Å²) < 4.78 is 11.4. The lowest BCUT2D eigenvalue weighted by atomic mass is 10.1. The van der Waals surface area contributed by atoms with Crippen molar-refractivity contribution < 1.29 is 13.9 Å². The number of hydrogen-bond acceptors (Lipinski definition) is 6. The molecule has 7 heteroatoms. The van der Waals surface area contributed by atoms with Crippen LogP contribution in [0.25, 0.3) is 0 Å². The second-order valence-electron chi connectivity index (χ2n) is 6.76. The maximum atomic E-state index is 12.7. The molecule has 1 saturated carbocycles. The number of nitrogens with one attached hydrogen (secondary N) is 1. The van der Waals surface area contributed by atoms with Crippen LogP contribution in [0.1, 0.15) is 35.1 Å². The highest BCUT2D eigenvalue weighted by atomic mass is 32.2. The van der Waals surface area contributed by atoms with E-state index >= 15 is 0 Å². The van der Waals surface area contributed by atoms with Crippen LogP contribution >= 0.6 is 11.8 Å². The fraction of sp³-hybridized carbons (Fsp3) is 0.286.